The second-order valence-corrected chi connectivity index (χ2v) is 5.43. The minimum atomic E-state index is -0.0207. The first-order valence-corrected chi connectivity index (χ1v) is 6.27. The number of furan rings is 1. The number of rotatable bonds is 1. The fourth-order valence-corrected chi connectivity index (χ4v) is 2.58. The zero-order valence-electron chi connectivity index (χ0n) is 9.09. The first kappa shape index (κ1) is 10.3. The van der Waals surface area contributed by atoms with E-state index in [-0.39, 0.29) is 5.54 Å². The summed E-state index contributed by atoms with van der Waals surface area (Å²) in [4.78, 5) is 4.34. The standard InChI is InChI=1S/C12H13BrN2O/c1-12(3-2-4-15-12)11-6-9-10(16-11)5-8(13)7-14-9/h5-7,15H,2-4H2,1H3/t12-/m0/s1. The summed E-state index contributed by atoms with van der Waals surface area (Å²) in [6, 6.07) is 4.00. The normalized spacial score (nSPS) is 25.4. The van der Waals surface area contributed by atoms with Crippen LogP contribution in [0.5, 0.6) is 0 Å². The molecule has 2 aromatic rings. The Labute approximate surface area is 102 Å². The van der Waals surface area contributed by atoms with Crippen LogP contribution in [0, 0.1) is 0 Å². The van der Waals surface area contributed by atoms with Gasteiger partial charge in [-0.15, -0.1) is 0 Å². The molecule has 1 saturated heterocycles. The lowest BCUT2D eigenvalue weighted by Gasteiger charge is -2.20. The molecule has 0 bridgehead atoms. The van der Waals surface area contributed by atoms with E-state index >= 15 is 0 Å². The third kappa shape index (κ3) is 1.57. The van der Waals surface area contributed by atoms with Crippen molar-refractivity contribution in [3.63, 3.8) is 0 Å². The first-order chi connectivity index (χ1) is 7.67. The second kappa shape index (κ2) is 3.57. The molecule has 1 aliphatic heterocycles. The zero-order valence-corrected chi connectivity index (χ0v) is 10.7. The van der Waals surface area contributed by atoms with Crippen molar-refractivity contribution < 1.29 is 4.42 Å². The molecule has 84 valence electrons. The maximum atomic E-state index is 5.88. The summed E-state index contributed by atoms with van der Waals surface area (Å²) < 4.78 is 6.83. The molecule has 3 heterocycles. The Morgan fingerprint density at radius 3 is 3.12 bits per heavy atom. The molecule has 2 aromatic heterocycles. The molecule has 4 heteroatoms. The largest absolute Gasteiger partial charge is 0.457 e. The molecule has 1 atom stereocenters. The molecule has 0 spiro atoms. The number of fused-ring (bicyclic) bond motifs is 1. The zero-order chi connectivity index (χ0) is 11.2. The molecule has 0 amide bonds. The quantitative estimate of drug-likeness (QED) is 0.872. The van der Waals surface area contributed by atoms with E-state index in [1.807, 2.05) is 12.1 Å². The molecule has 1 fully saturated rings. The maximum absolute atomic E-state index is 5.88. The van der Waals surface area contributed by atoms with Gasteiger partial charge in [0.1, 0.15) is 11.3 Å². The molecular formula is C12H13BrN2O. The monoisotopic (exact) mass is 280 g/mol. The molecule has 0 unspecified atom stereocenters. The minimum Gasteiger partial charge on any atom is -0.457 e. The molecule has 0 saturated carbocycles. The Morgan fingerprint density at radius 2 is 2.38 bits per heavy atom. The van der Waals surface area contributed by atoms with Crippen molar-refractivity contribution in [2.24, 2.45) is 0 Å². The van der Waals surface area contributed by atoms with Gasteiger partial charge in [-0.05, 0) is 48.3 Å². The smallest absolute Gasteiger partial charge is 0.153 e. The molecule has 0 radical (unpaired) electrons. The average molecular weight is 281 g/mol. The van der Waals surface area contributed by atoms with Crippen LogP contribution in [0.2, 0.25) is 0 Å². The molecule has 3 rings (SSSR count). The summed E-state index contributed by atoms with van der Waals surface area (Å²) in [7, 11) is 0. The lowest BCUT2D eigenvalue weighted by Crippen LogP contribution is -2.32. The summed E-state index contributed by atoms with van der Waals surface area (Å²) >= 11 is 3.40. The third-order valence-electron chi connectivity index (χ3n) is 3.25. The lowest BCUT2D eigenvalue weighted by molar-refractivity contribution is 0.346. The molecule has 3 nitrogen and oxygen atoms in total. The molecule has 1 aliphatic rings. The fourth-order valence-electron chi connectivity index (χ4n) is 2.27. The van der Waals surface area contributed by atoms with Crippen LogP contribution in [-0.2, 0) is 5.54 Å². The highest BCUT2D eigenvalue weighted by Gasteiger charge is 2.33. The van der Waals surface area contributed by atoms with Crippen LogP contribution < -0.4 is 5.32 Å². The van der Waals surface area contributed by atoms with E-state index in [9.17, 15) is 0 Å². The summed E-state index contributed by atoms with van der Waals surface area (Å²) in [6.45, 7) is 3.25. The van der Waals surface area contributed by atoms with Crippen molar-refractivity contribution in [3.05, 3.63) is 28.6 Å². The highest BCUT2D eigenvalue weighted by atomic mass is 79.9. The van der Waals surface area contributed by atoms with Gasteiger partial charge in [-0.2, -0.15) is 0 Å². The van der Waals surface area contributed by atoms with Crippen molar-refractivity contribution in [1.29, 1.82) is 0 Å². The van der Waals surface area contributed by atoms with Crippen molar-refractivity contribution in [2.45, 2.75) is 25.3 Å². The lowest BCUT2D eigenvalue weighted by atomic mass is 9.97. The van der Waals surface area contributed by atoms with Gasteiger partial charge in [0.05, 0.1) is 5.54 Å². The van der Waals surface area contributed by atoms with Crippen molar-refractivity contribution in [3.8, 4) is 0 Å². The van der Waals surface area contributed by atoms with Gasteiger partial charge in [0.15, 0.2) is 5.58 Å². The molecule has 0 aliphatic carbocycles. The Morgan fingerprint density at radius 1 is 1.50 bits per heavy atom. The predicted molar refractivity (Wildman–Crippen MR) is 66.3 cm³/mol. The van der Waals surface area contributed by atoms with Crippen LogP contribution in [0.3, 0.4) is 0 Å². The predicted octanol–water partition coefficient (Wildman–Crippen LogP) is 3.19. The van der Waals surface area contributed by atoms with Crippen LogP contribution >= 0.6 is 15.9 Å². The number of nitrogens with zero attached hydrogens (tertiary/aromatic N) is 1. The van der Waals surface area contributed by atoms with Crippen LogP contribution in [0.4, 0.5) is 0 Å². The highest BCUT2D eigenvalue weighted by molar-refractivity contribution is 9.10. The Hall–Kier alpha value is -0.870. The molecular weight excluding hydrogens is 268 g/mol. The number of nitrogens with one attached hydrogen (secondary N) is 1. The van der Waals surface area contributed by atoms with Gasteiger partial charge in [-0.25, -0.2) is 0 Å². The average Bonchev–Trinajstić information content (AvgIpc) is 2.84. The van der Waals surface area contributed by atoms with Crippen LogP contribution in [-0.4, -0.2) is 11.5 Å². The first-order valence-electron chi connectivity index (χ1n) is 5.48. The number of pyridine rings is 1. The number of halogens is 1. The fraction of sp³-hybridized carbons (Fsp3) is 0.417. The SMILES string of the molecule is C[C@@]1(c2cc3ncc(Br)cc3o2)CCCN1. The number of hydrogen-bond donors (Lipinski definition) is 1. The van der Waals surface area contributed by atoms with Gasteiger partial charge in [0, 0.05) is 16.7 Å². The van der Waals surface area contributed by atoms with Gasteiger partial charge in [-0.3, -0.25) is 4.98 Å². The third-order valence-corrected chi connectivity index (χ3v) is 3.68. The van der Waals surface area contributed by atoms with Gasteiger partial charge >= 0.3 is 0 Å². The summed E-state index contributed by atoms with van der Waals surface area (Å²) in [5, 5.41) is 3.49. The van der Waals surface area contributed by atoms with E-state index in [1.165, 1.54) is 6.42 Å². The van der Waals surface area contributed by atoms with Gasteiger partial charge in [0.25, 0.3) is 0 Å². The number of aromatic nitrogens is 1. The van der Waals surface area contributed by atoms with E-state index in [2.05, 4.69) is 33.2 Å². The maximum Gasteiger partial charge on any atom is 0.153 e. The van der Waals surface area contributed by atoms with Crippen molar-refractivity contribution in [2.75, 3.05) is 6.54 Å². The molecule has 0 aromatic carbocycles. The number of hydrogen-bond acceptors (Lipinski definition) is 3. The summed E-state index contributed by atoms with van der Waals surface area (Å²) in [5.41, 5.74) is 1.75. The second-order valence-electron chi connectivity index (χ2n) is 4.51. The van der Waals surface area contributed by atoms with Crippen LogP contribution in [0.25, 0.3) is 11.1 Å². The Balaban J connectivity index is 2.11. The van der Waals surface area contributed by atoms with Crippen LogP contribution in [0.15, 0.2) is 27.2 Å². The van der Waals surface area contributed by atoms with E-state index in [4.69, 9.17) is 4.42 Å². The van der Waals surface area contributed by atoms with Gasteiger partial charge < -0.3 is 9.73 Å². The van der Waals surface area contributed by atoms with E-state index in [0.717, 1.165) is 34.3 Å². The molecule has 16 heavy (non-hydrogen) atoms. The van der Waals surface area contributed by atoms with Crippen molar-refractivity contribution in [1.82, 2.24) is 10.3 Å². The van der Waals surface area contributed by atoms with E-state index < -0.39 is 0 Å². The summed E-state index contributed by atoms with van der Waals surface area (Å²) in [6.07, 6.45) is 4.12. The van der Waals surface area contributed by atoms with Crippen LogP contribution in [0.1, 0.15) is 25.5 Å². The Bertz CT molecular complexity index is 529. The summed E-state index contributed by atoms with van der Waals surface area (Å²) in [5.74, 6) is 0.991. The minimum absolute atomic E-state index is 0.0207. The Kier molecular flexibility index (Phi) is 2.30. The highest BCUT2D eigenvalue weighted by Crippen LogP contribution is 2.34. The van der Waals surface area contributed by atoms with Crippen molar-refractivity contribution >= 4 is 27.0 Å². The van der Waals surface area contributed by atoms with E-state index in [0.29, 0.717) is 0 Å². The molecule has 1 N–H and O–H groups in total. The van der Waals surface area contributed by atoms with Gasteiger partial charge in [0.2, 0.25) is 0 Å². The topological polar surface area (TPSA) is 38.1 Å². The van der Waals surface area contributed by atoms with E-state index in [1.54, 1.807) is 6.20 Å². The van der Waals surface area contributed by atoms with Gasteiger partial charge in [-0.1, -0.05) is 0 Å².